The highest BCUT2D eigenvalue weighted by molar-refractivity contribution is 9.10. The molecule has 0 saturated carbocycles. The fourth-order valence-corrected chi connectivity index (χ4v) is 3.80. The van der Waals surface area contributed by atoms with Crippen LogP contribution in [0.2, 0.25) is 0 Å². The molecule has 25 heavy (non-hydrogen) atoms. The van der Waals surface area contributed by atoms with Crippen molar-refractivity contribution in [3.8, 4) is 11.5 Å². The summed E-state index contributed by atoms with van der Waals surface area (Å²) in [4.78, 5) is 20.2. The lowest BCUT2D eigenvalue weighted by atomic mass is 10.1. The van der Waals surface area contributed by atoms with Crippen LogP contribution in [0.1, 0.15) is 6.42 Å². The highest BCUT2D eigenvalue weighted by Crippen LogP contribution is 2.25. The highest BCUT2D eigenvalue weighted by Gasteiger charge is 2.23. The van der Waals surface area contributed by atoms with Gasteiger partial charge in [0.05, 0.1) is 12.4 Å². The fraction of sp³-hybridized carbons (Fsp3) is 0.375. The van der Waals surface area contributed by atoms with Gasteiger partial charge >= 0.3 is 0 Å². The molecule has 1 unspecified atom stereocenters. The fourth-order valence-electron chi connectivity index (χ4n) is 3.09. The third-order valence-electron chi connectivity index (χ3n) is 4.36. The molecule has 1 saturated heterocycles. The first-order valence-electron chi connectivity index (χ1n) is 8.07. The number of hydrogen-bond acceptors (Lipinski definition) is 7. The molecule has 130 valence electrons. The molecule has 0 aromatic carbocycles. The molecule has 0 amide bonds. The lowest BCUT2D eigenvalue weighted by molar-refractivity contribution is 0.584. The maximum Gasteiger partial charge on any atom is 0.180 e. The van der Waals surface area contributed by atoms with E-state index in [2.05, 4.69) is 46.8 Å². The minimum absolute atomic E-state index is 0.656. The summed E-state index contributed by atoms with van der Waals surface area (Å²) < 4.78 is 6.06. The van der Waals surface area contributed by atoms with Crippen LogP contribution in [-0.4, -0.2) is 50.2 Å². The van der Waals surface area contributed by atoms with Gasteiger partial charge in [0.2, 0.25) is 0 Å². The monoisotopic (exact) mass is 419 g/mol. The quantitative estimate of drug-likeness (QED) is 0.637. The zero-order valence-corrected chi connectivity index (χ0v) is 16.2. The van der Waals surface area contributed by atoms with Crippen LogP contribution in [0, 0.1) is 5.92 Å². The van der Waals surface area contributed by atoms with Crippen molar-refractivity contribution in [3.63, 3.8) is 0 Å². The molecule has 0 radical (unpaired) electrons. The normalized spacial score (nSPS) is 17.5. The Morgan fingerprint density at radius 3 is 3.12 bits per heavy atom. The van der Waals surface area contributed by atoms with Crippen LogP contribution in [0.5, 0.6) is 0 Å². The van der Waals surface area contributed by atoms with Gasteiger partial charge in [-0.25, -0.2) is 19.9 Å². The molecule has 7 nitrogen and oxygen atoms in total. The van der Waals surface area contributed by atoms with Crippen molar-refractivity contribution in [3.05, 3.63) is 35.5 Å². The van der Waals surface area contributed by atoms with E-state index in [9.17, 15) is 0 Å². The molecule has 0 aliphatic carbocycles. The summed E-state index contributed by atoms with van der Waals surface area (Å²) in [5.74, 6) is 2.30. The van der Waals surface area contributed by atoms with Gasteiger partial charge in [0.25, 0.3) is 0 Å². The first-order chi connectivity index (χ1) is 12.2. The van der Waals surface area contributed by atoms with Gasteiger partial charge in [-0.1, -0.05) is 11.9 Å². The van der Waals surface area contributed by atoms with Crippen LogP contribution in [0.15, 0.2) is 35.5 Å². The molecular formula is C16H18BrN7S. The number of hydrogen-bond donors (Lipinski definition) is 1. The van der Waals surface area contributed by atoms with E-state index in [1.807, 2.05) is 22.9 Å². The standard InChI is InChI=1S/C16H18BrN7S/c1-25-21-6-11-3-5-23(9-11)14-2-4-18-16(22-14)12-7-20-15-8-19-13(17)10-24(12)15/h2,4,7-8,10-11,21H,3,5-6,9H2,1H3. The average molecular weight is 420 g/mol. The molecule has 1 fully saturated rings. The summed E-state index contributed by atoms with van der Waals surface area (Å²) in [5.41, 5.74) is 1.64. The van der Waals surface area contributed by atoms with Gasteiger partial charge in [-0.2, -0.15) is 0 Å². The number of anilines is 1. The van der Waals surface area contributed by atoms with E-state index in [0.29, 0.717) is 11.7 Å². The molecule has 1 N–H and O–H groups in total. The number of nitrogens with one attached hydrogen (secondary N) is 1. The lowest BCUT2D eigenvalue weighted by Gasteiger charge is -2.18. The predicted molar refractivity (Wildman–Crippen MR) is 104 cm³/mol. The summed E-state index contributed by atoms with van der Waals surface area (Å²) >= 11 is 5.08. The van der Waals surface area contributed by atoms with Gasteiger partial charge in [-0.15, -0.1) is 0 Å². The van der Waals surface area contributed by atoms with E-state index < -0.39 is 0 Å². The Balaban J connectivity index is 1.60. The van der Waals surface area contributed by atoms with Gasteiger partial charge in [0.1, 0.15) is 16.1 Å². The van der Waals surface area contributed by atoms with Crippen molar-refractivity contribution in [1.29, 1.82) is 0 Å². The van der Waals surface area contributed by atoms with Crippen LogP contribution >= 0.6 is 27.9 Å². The van der Waals surface area contributed by atoms with Gasteiger partial charge < -0.3 is 4.90 Å². The first kappa shape index (κ1) is 16.7. The number of imidazole rings is 1. The Bertz CT molecular complexity index is 884. The SMILES string of the molecule is CSNCC1CCN(c2ccnc(-c3cnc4cnc(Br)cn34)n2)C1. The maximum absolute atomic E-state index is 4.78. The van der Waals surface area contributed by atoms with E-state index in [1.165, 1.54) is 6.42 Å². The second kappa shape index (κ2) is 7.27. The molecular weight excluding hydrogens is 402 g/mol. The minimum Gasteiger partial charge on any atom is -0.356 e. The zero-order valence-electron chi connectivity index (χ0n) is 13.8. The first-order valence-corrected chi connectivity index (χ1v) is 10.1. The number of rotatable bonds is 5. The van der Waals surface area contributed by atoms with Gasteiger partial charge in [-0.05, 0) is 40.6 Å². The molecule has 3 aromatic heterocycles. The molecule has 0 bridgehead atoms. The highest BCUT2D eigenvalue weighted by atomic mass is 79.9. The summed E-state index contributed by atoms with van der Waals surface area (Å²) in [6.07, 6.45) is 10.5. The third kappa shape index (κ3) is 3.49. The number of aromatic nitrogens is 5. The number of halogens is 1. The molecule has 1 aliphatic rings. The summed E-state index contributed by atoms with van der Waals surface area (Å²) in [5, 5.41) is 0. The molecule has 4 rings (SSSR count). The van der Waals surface area contributed by atoms with Crippen LogP contribution in [0.25, 0.3) is 17.2 Å². The predicted octanol–water partition coefficient (Wildman–Crippen LogP) is 2.64. The zero-order chi connectivity index (χ0) is 17.2. The van der Waals surface area contributed by atoms with Crippen molar-refractivity contribution in [2.75, 3.05) is 30.8 Å². The molecule has 3 aromatic rings. The third-order valence-corrected chi connectivity index (χ3v) is 5.23. The Hall–Kier alpha value is -1.71. The van der Waals surface area contributed by atoms with Crippen LogP contribution in [-0.2, 0) is 0 Å². The second-order valence-electron chi connectivity index (χ2n) is 5.97. The molecule has 9 heteroatoms. The van der Waals surface area contributed by atoms with Crippen molar-refractivity contribution in [2.45, 2.75) is 6.42 Å². The Kier molecular flexibility index (Phi) is 4.87. The summed E-state index contributed by atoms with van der Waals surface area (Å²) in [6, 6.07) is 1.98. The largest absolute Gasteiger partial charge is 0.356 e. The van der Waals surface area contributed by atoms with Crippen LogP contribution in [0.4, 0.5) is 5.82 Å². The number of fused-ring (bicyclic) bond motifs is 1. The van der Waals surface area contributed by atoms with E-state index in [-0.39, 0.29) is 0 Å². The van der Waals surface area contributed by atoms with Gasteiger partial charge in [0, 0.05) is 32.0 Å². The topological polar surface area (TPSA) is 71.2 Å². The Morgan fingerprint density at radius 2 is 2.24 bits per heavy atom. The van der Waals surface area contributed by atoms with E-state index in [4.69, 9.17) is 4.98 Å². The summed E-state index contributed by atoms with van der Waals surface area (Å²) in [6.45, 7) is 3.08. The van der Waals surface area contributed by atoms with E-state index in [1.54, 1.807) is 24.3 Å². The summed E-state index contributed by atoms with van der Waals surface area (Å²) in [7, 11) is 0. The average Bonchev–Trinajstić information content (AvgIpc) is 3.27. The van der Waals surface area contributed by atoms with E-state index >= 15 is 0 Å². The lowest BCUT2D eigenvalue weighted by Crippen LogP contribution is -2.24. The van der Waals surface area contributed by atoms with Crippen molar-refractivity contribution < 1.29 is 0 Å². The van der Waals surface area contributed by atoms with Crippen molar-refractivity contribution >= 4 is 39.3 Å². The van der Waals surface area contributed by atoms with Gasteiger partial charge in [-0.3, -0.25) is 9.12 Å². The van der Waals surface area contributed by atoms with E-state index in [0.717, 1.165) is 41.4 Å². The second-order valence-corrected chi connectivity index (χ2v) is 7.48. The Labute approximate surface area is 158 Å². The minimum atomic E-state index is 0.656. The molecule has 1 atom stereocenters. The van der Waals surface area contributed by atoms with Crippen LogP contribution in [0.3, 0.4) is 0 Å². The van der Waals surface area contributed by atoms with Crippen molar-refractivity contribution in [1.82, 2.24) is 29.1 Å². The smallest absolute Gasteiger partial charge is 0.180 e. The Morgan fingerprint density at radius 1 is 1.32 bits per heavy atom. The van der Waals surface area contributed by atoms with Gasteiger partial charge in [0.15, 0.2) is 11.5 Å². The van der Waals surface area contributed by atoms with Crippen molar-refractivity contribution in [2.24, 2.45) is 5.92 Å². The van der Waals surface area contributed by atoms with Crippen LogP contribution < -0.4 is 9.62 Å². The number of nitrogens with zero attached hydrogens (tertiary/aromatic N) is 6. The molecule has 0 spiro atoms. The molecule has 4 heterocycles. The maximum atomic E-state index is 4.78. The molecule has 1 aliphatic heterocycles.